The summed E-state index contributed by atoms with van der Waals surface area (Å²) in [6.07, 6.45) is 1.48. The molecule has 5 aromatic rings. The van der Waals surface area contributed by atoms with E-state index in [1.165, 1.54) is 13.3 Å². The van der Waals surface area contributed by atoms with Gasteiger partial charge >= 0.3 is 5.97 Å². The van der Waals surface area contributed by atoms with Gasteiger partial charge in [-0.05, 0) is 71.8 Å². The van der Waals surface area contributed by atoms with Gasteiger partial charge in [0.1, 0.15) is 11.4 Å². The van der Waals surface area contributed by atoms with Crippen LogP contribution in [0.1, 0.15) is 26.4 Å². The van der Waals surface area contributed by atoms with Crippen molar-refractivity contribution in [2.75, 3.05) is 14.2 Å². The minimum Gasteiger partial charge on any atom is -0.497 e. The Morgan fingerprint density at radius 2 is 1.65 bits per heavy atom. The summed E-state index contributed by atoms with van der Waals surface area (Å²) in [5.41, 5.74) is 6.44. The molecule has 0 fully saturated rings. The van der Waals surface area contributed by atoms with E-state index in [1.807, 2.05) is 48.5 Å². The normalized spacial score (nSPS) is 11.0. The average Bonchev–Trinajstić information content (AvgIpc) is 3.37. The lowest BCUT2D eigenvalue weighted by atomic mass is 10.0. The number of hydrazone groups is 1. The average molecular weight is 598 g/mol. The van der Waals surface area contributed by atoms with E-state index in [9.17, 15) is 9.59 Å². The second-order valence-electron chi connectivity index (χ2n) is 8.66. The molecule has 0 unspecified atom stereocenters. The summed E-state index contributed by atoms with van der Waals surface area (Å²) in [6.45, 7) is 0. The zero-order valence-corrected chi connectivity index (χ0v) is 23.2. The number of halogens is 1. The van der Waals surface area contributed by atoms with Gasteiger partial charge in [-0.1, -0.05) is 46.3 Å². The molecule has 1 amide bonds. The first-order chi connectivity index (χ1) is 19.5. The molecule has 2 N–H and O–H groups in total. The van der Waals surface area contributed by atoms with E-state index in [0.29, 0.717) is 28.3 Å². The molecular formula is C31H24BrN3O5. The van der Waals surface area contributed by atoms with Gasteiger partial charge in [0.05, 0.1) is 26.0 Å². The topological polar surface area (TPSA) is 102 Å². The molecule has 0 bridgehead atoms. The fraction of sp³-hybridized carbons (Fsp3) is 0.0645. The van der Waals surface area contributed by atoms with E-state index in [4.69, 9.17) is 14.2 Å². The summed E-state index contributed by atoms with van der Waals surface area (Å²) in [4.78, 5) is 29.0. The first-order valence-electron chi connectivity index (χ1n) is 12.2. The van der Waals surface area contributed by atoms with Crippen molar-refractivity contribution >= 4 is 44.9 Å². The minimum atomic E-state index is -0.510. The first-order valence-corrected chi connectivity index (χ1v) is 13.0. The minimum absolute atomic E-state index is 0.262. The fourth-order valence-corrected chi connectivity index (χ4v) is 4.45. The Kier molecular flexibility index (Phi) is 7.93. The van der Waals surface area contributed by atoms with E-state index >= 15 is 0 Å². The van der Waals surface area contributed by atoms with Crippen LogP contribution in [0.5, 0.6) is 17.2 Å². The predicted octanol–water partition coefficient (Wildman–Crippen LogP) is 6.60. The highest BCUT2D eigenvalue weighted by atomic mass is 79.9. The smallest absolute Gasteiger partial charge is 0.343 e. The molecule has 0 atom stereocenters. The van der Waals surface area contributed by atoms with Gasteiger partial charge in [-0.2, -0.15) is 5.10 Å². The molecule has 0 saturated heterocycles. The Bertz CT molecular complexity index is 1710. The maximum atomic E-state index is 13.2. The van der Waals surface area contributed by atoms with Crippen LogP contribution in [0.25, 0.3) is 22.0 Å². The van der Waals surface area contributed by atoms with Gasteiger partial charge < -0.3 is 19.2 Å². The predicted molar refractivity (Wildman–Crippen MR) is 157 cm³/mol. The summed E-state index contributed by atoms with van der Waals surface area (Å²) in [5, 5.41) is 5.00. The number of rotatable bonds is 8. The third-order valence-electron chi connectivity index (χ3n) is 6.15. The van der Waals surface area contributed by atoms with Gasteiger partial charge in [-0.3, -0.25) is 4.79 Å². The van der Waals surface area contributed by atoms with E-state index in [1.54, 1.807) is 49.6 Å². The molecule has 1 heterocycles. The highest BCUT2D eigenvalue weighted by Crippen LogP contribution is 2.34. The van der Waals surface area contributed by atoms with Crippen molar-refractivity contribution in [3.63, 3.8) is 0 Å². The molecule has 0 aliphatic heterocycles. The number of benzene rings is 4. The number of fused-ring (bicyclic) bond motifs is 1. The monoisotopic (exact) mass is 597 g/mol. The molecule has 4 aromatic carbocycles. The van der Waals surface area contributed by atoms with Gasteiger partial charge in [0.2, 0.25) is 0 Å². The molecule has 5 rings (SSSR count). The van der Waals surface area contributed by atoms with Crippen LogP contribution in [0.4, 0.5) is 0 Å². The molecule has 1 aromatic heterocycles. The number of H-pyrrole nitrogens is 1. The number of hydrogen-bond acceptors (Lipinski definition) is 6. The first kappa shape index (κ1) is 26.7. The standard InChI is InChI=1S/C31H24BrN3O5/c1-38-23-13-14-25-24(17-23)28(20-6-4-3-5-7-20)29(34-25)30(36)35-33-18-19-8-15-26(27(16-19)39-2)40-31(37)21-9-11-22(32)12-10-21/h3-18,34H,1-2H3,(H,35,36). The fourth-order valence-electron chi connectivity index (χ4n) is 4.19. The molecule has 0 radical (unpaired) electrons. The maximum absolute atomic E-state index is 13.2. The number of aromatic nitrogens is 1. The molecule has 0 aliphatic rings. The largest absolute Gasteiger partial charge is 0.497 e. The van der Waals surface area contributed by atoms with Gasteiger partial charge in [0.15, 0.2) is 11.5 Å². The van der Waals surface area contributed by atoms with Gasteiger partial charge in [-0.15, -0.1) is 0 Å². The van der Waals surface area contributed by atoms with Gasteiger partial charge in [0.25, 0.3) is 5.91 Å². The Labute approximate surface area is 238 Å². The lowest BCUT2D eigenvalue weighted by Gasteiger charge is -2.10. The molecular weight excluding hydrogens is 574 g/mol. The summed E-state index contributed by atoms with van der Waals surface area (Å²) >= 11 is 3.35. The van der Waals surface area contributed by atoms with Crippen LogP contribution in [0.3, 0.4) is 0 Å². The number of methoxy groups -OCH3 is 2. The van der Waals surface area contributed by atoms with E-state index in [2.05, 4.69) is 31.4 Å². The molecule has 0 spiro atoms. The number of aromatic amines is 1. The summed E-state index contributed by atoms with van der Waals surface area (Å²) in [7, 11) is 3.08. The number of nitrogens with one attached hydrogen (secondary N) is 2. The molecule has 200 valence electrons. The highest BCUT2D eigenvalue weighted by Gasteiger charge is 2.20. The third-order valence-corrected chi connectivity index (χ3v) is 6.67. The van der Waals surface area contributed by atoms with Crippen molar-refractivity contribution in [1.29, 1.82) is 0 Å². The zero-order valence-electron chi connectivity index (χ0n) is 21.6. The highest BCUT2D eigenvalue weighted by molar-refractivity contribution is 9.10. The SMILES string of the molecule is COc1ccc2[nH]c(C(=O)NN=Cc3ccc(OC(=O)c4ccc(Br)cc4)c(OC)c3)c(-c3ccccc3)c2c1. The number of ether oxygens (including phenoxy) is 3. The lowest BCUT2D eigenvalue weighted by molar-refractivity contribution is 0.0729. The second kappa shape index (κ2) is 11.9. The van der Waals surface area contributed by atoms with E-state index < -0.39 is 11.9 Å². The van der Waals surface area contributed by atoms with Crippen LogP contribution < -0.4 is 19.6 Å². The number of carbonyl (C=O) groups excluding carboxylic acids is 2. The maximum Gasteiger partial charge on any atom is 0.343 e. The number of nitrogens with zero attached hydrogens (tertiary/aromatic N) is 1. The van der Waals surface area contributed by atoms with Crippen LogP contribution in [0, 0.1) is 0 Å². The van der Waals surface area contributed by atoms with Crippen LogP contribution in [-0.2, 0) is 0 Å². The van der Waals surface area contributed by atoms with Crippen molar-refractivity contribution in [1.82, 2.24) is 10.4 Å². The molecule has 0 aliphatic carbocycles. The van der Waals surface area contributed by atoms with Crippen LogP contribution >= 0.6 is 15.9 Å². The van der Waals surface area contributed by atoms with Crippen LogP contribution in [-0.4, -0.2) is 37.3 Å². The van der Waals surface area contributed by atoms with Crippen molar-refractivity contribution in [3.8, 4) is 28.4 Å². The van der Waals surface area contributed by atoms with Crippen molar-refractivity contribution in [3.05, 3.63) is 112 Å². The van der Waals surface area contributed by atoms with Crippen molar-refractivity contribution < 1.29 is 23.8 Å². The summed E-state index contributed by atoms with van der Waals surface area (Å²) in [6, 6.07) is 27.1. The van der Waals surface area contributed by atoms with E-state index in [-0.39, 0.29) is 5.75 Å². The quantitative estimate of drug-likeness (QED) is 0.0908. The number of carbonyl (C=O) groups is 2. The Balaban J connectivity index is 1.35. The second-order valence-corrected chi connectivity index (χ2v) is 9.57. The lowest BCUT2D eigenvalue weighted by Crippen LogP contribution is -2.18. The summed E-state index contributed by atoms with van der Waals surface area (Å²) < 4.78 is 17.2. The van der Waals surface area contributed by atoms with Crippen LogP contribution in [0.15, 0.2) is 101 Å². The molecule has 9 heteroatoms. The molecule has 40 heavy (non-hydrogen) atoms. The number of hydrogen-bond donors (Lipinski definition) is 2. The van der Waals surface area contributed by atoms with E-state index in [0.717, 1.165) is 26.5 Å². The summed E-state index contributed by atoms with van der Waals surface area (Å²) in [5.74, 6) is 0.379. The van der Waals surface area contributed by atoms with Crippen molar-refractivity contribution in [2.24, 2.45) is 5.10 Å². The molecule has 8 nitrogen and oxygen atoms in total. The zero-order chi connectivity index (χ0) is 28.1. The number of amides is 1. The van der Waals surface area contributed by atoms with Crippen LogP contribution in [0.2, 0.25) is 0 Å². The Hall–Kier alpha value is -4.89. The van der Waals surface area contributed by atoms with Gasteiger partial charge in [-0.25, -0.2) is 10.2 Å². The van der Waals surface area contributed by atoms with Gasteiger partial charge in [0, 0.05) is 20.9 Å². The Morgan fingerprint density at radius 3 is 2.38 bits per heavy atom. The Morgan fingerprint density at radius 1 is 0.875 bits per heavy atom. The molecule has 0 saturated carbocycles. The van der Waals surface area contributed by atoms with Crippen molar-refractivity contribution in [2.45, 2.75) is 0 Å². The number of esters is 1. The third kappa shape index (κ3) is 5.74.